The maximum absolute atomic E-state index is 13.1. The number of sulfonamides is 1. The van der Waals surface area contributed by atoms with Crippen LogP contribution in [-0.4, -0.2) is 57.8 Å². The second-order valence-corrected chi connectivity index (χ2v) is 9.57. The third kappa shape index (κ3) is 4.83. The van der Waals surface area contributed by atoms with E-state index < -0.39 is 20.9 Å². The zero-order valence-corrected chi connectivity index (χ0v) is 19.0. The van der Waals surface area contributed by atoms with Crippen molar-refractivity contribution in [2.75, 3.05) is 44.5 Å². The quantitative estimate of drug-likeness (QED) is 0.495. The highest BCUT2D eigenvalue weighted by Crippen LogP contribution is 2.32. The lowest BCUT2D eigenvalue weighted by atomic mass is 10.1. The summed E-state index contributed by atoms with van der Waals surface area (Å²) < 4.78 is 32.6. The standard InChI is InChI=1S/C21H26N4O6S/c1-23(2)18-9-8-16(32(29,30)24-11-5-4-6-12-24)14-17(18)22-21(26)15-7-10-20(31-3)19(13-15)25(27)28/h7-10,13-14H,4-6,11-12H2,1-3H3,(H,22,26). The number of nitro groups is 1. The van der Waals surface area contributed by atoms with Crippen molar-refractivity contribution in [2.45, 2.75) is 24.2 Å². The van der Waals surface area contributed by atoms with Crippen LogP contribution in [0, 0.1) is 10.1 Å². The summed E-state index contributed by atoms with van der Waals surface area (Å²) in [6, 6.07) is 8.45. The van der Waals surface area contributed by atoms with E-state index in [0.29, 0.717) is 18.8 Å². The van der Waals surface area contributed by atoms with Gasteiger partial charge in [0.05, 0.1) is 28.3 Å². The zero-order chi connectivity index (χ0) is 23.5. The largest absolute Gasteiger partial charge is 0.490 e. The molecule has 0 aromatic heterocycles. The van der Waals surface area contributed by atoms with Gasteiger partial charge in [-0.3, -0.25) is 14.9 Å². The molecule has 2 aromatic rings. The molecule has 1 amide bonds. The van der Waals surface area contributed by atoms with E-state index in [-0.39, 0.29) is 27.6 Å². The number of carbonyl (C=O) groups is 1. The summed E-state index contributed by atoms with van der Waals surface area (Å²) in [6.07, 6.45) is 2.63. The van der Waals surface area contributed by atoms with Gasteiger partial charge in [-0.2, -0.15) is 4.31 Å². The van der Waals surface area contributed by atoms with Gasteiger partial charge in [0.25, 0.3) is 5.91 Å². The molecular formula is C21H26N4O6S. The number of benzene rings is 2. The molecule has 172 valence electrons. The maximum Gasteiger partial charge on any atom is 0.311 e. The fourth-order valence-electron chi connectivity index (χ4n) is 3.59. The minimum absolute atomic E-state index is 0.0372. The topological polar surface area (TPSA) is 122 Å². The fraction of sp³-hybridized carbons (Fsp3) is 0.381. The summed E-state index contributed by atoms with van der Waals surface area (Å²) in [5.41, 5.74) is 0.594. The van der Waals surface area contributed by atoms with E-state index in [4.69, 9.17) is 4.74 Å². The highest BCUT2D eigenvalue weighted by molar-refractivity contribution is 7.89. The molecule has 10 nitrogen and oxygen atoms in total. The van der Waals surface area contributed by atoms with Gasteiger partial charge in [0.2, 0.25) is 10.0 Å². The summed E-state index contributed by atoms with van der Waals surface area (Å²) in [6.45, 7) is 0.934. The van der Waals surface area contributed by atoms with E-state index in [2.05, 4.69) is 5.32 Å². The summed E-state index contributed by atoms with van der Waals surface area (Å²) >= 11 is 0. The first-order valence-electron chi connectivity index (χ1n) is 10.1. The van der Waals surface area contributed by atoms with Gasteiger partial charge in [-0.1, -0.05) is 6.42 Å². The number of ether oxygens (including phenoxy) is 1. The predicted octanol–water partition coefficient (Wildman–Crippen LogP) is 3.10. The molecule has 0 bridgehead atoms. The molecule has 0 aliphatic carbocycles. The molecule has 1 aliphatic heterocycles. The minimum atomic E-state index is -3.70. The van der Waals surface area contributed by atoms with Gasteiger partial charge in [-0.05, 0) is 43.2 Å². The van der Waals surface area contributed by atoms with Gasteiger partial charge >= 0.3 is 5.69 Å². The summed E-state index contributed by atoms with van der Waals surface area (Å²) in [5.74, 6) is -0.568. The fourth-order valence-corrected chi connectivity index (χ4v) is 5.13. The van der Waals surface area contributed by atoms with E-state index in [1.54, 1.807) is 25.1 Å². The monoisotopic (exact) mass is 462 g/mol. The highest BCUT2D eigenvalue weighted by atomic mass is 32.2. The maximum atomic E-state index is 13.1. The van der Waals surface area contributed by atoms with Gasteiger partial charge in [0.1, 0.15) is 0 Å². The molecule has 11 heteroatoms. The van der Waals surface area contributed by atoms with Crippen LogP contribution in [-0.2, 0) is 10.0 Å². The summed E-state index contributed by atoms with van der Waals surface area (Å²) in [5, 5.41) is 14.0. The number of piperidine rings is 1. The molecule has 0 radical (unpaired) electrons. The Labute approximate surface area is 187 Å². The van der Waals surface area contributed by atoms with E-state index in [1.165, 1.54) is 35.7 Å². The van der Waals surface area contributed by atoms with Crippen LogP contribution in [0.5, 0.6) is 5.75 Å². The second kappa shape index (κ2) is 9.53. The van der Waals surface area contributed by atoms with Gasteiger partial charge in [-0.25, -0.2) is 8.42 Å². The van der Waals surface area contributed by atoms with Crippen LogP contribution in [0.4, 0.5) is 17.1 Å². The average Bonchev–Trinajstić information content (AvgIpc) is 2.78. The molecule has 0 spiro atoms. The number of amides is 1. The molecule has 1 N–H and O–H groups in total. The molecule has 1 heterocycles. The SMILES string of the molecule is COc1ccc(C(=O)Nc2cc(S(=O)(=O)N3CCCCC3)ccc2N(C)C)cc1[N+](=O)[O-]. The number of anilines is 2. The van der Waals surface area contributed by atoms with Crippen LogP contribution >= 0.6 is 0 Å². The smallest absolute Gasteiger partial charge is 0.311 e. The number of rotatable bonds is 7. The number of methoxy groups -OCH3 is 1. The molecule has 1 fully saturated rings. The van der Waals surface area contributed by atoms with E-state index in [0.717, 1.165) is 25.3 Å². The molecule has 32 heavy (non-hydrogen) atoms. The number of nitrogens with one attached hydrogen (secondary N) is 1. The Morgan fingerprint density at radius 3 is 2.41 bits per heavy atom. The molecule has 2 aromatic carbocycles. The van der Waals surface area contributed by atoms with Crippen LogP contribution in [0.1, 0.15) is 29.6 Å². The van der Waals surface area contributed by atoms with Crippen molar-refractivity contribution in [3.63, 3.8) is 0 Å². The first kappa shape index (κ1) is 23.5. The van der Waals surface area contributed by atoms with Crippen LogP contribution in [0.2, 0.25) is 0 Å². The van der Waals surface area contributed by atoms with Crippen molar-refractivity contribution in [1.29, 1.82) is 0 Å². The van der Waals surface area contributed by atoms with Crippen LogP contribution in [0.3, 0.4) is 0 Å². The van der Waals surface area contributed by atoms with Crippen molar-refractivity contribution in [1.82, 2.24) is 4.31 Å². The number of hydrogen-bond acceptors (Lipinski definition) is 7. The van der Waals surface area contributed by atoms with Gasteiger partial charge in [0.15, 0.2) is 5.75 Å². The number of hydrogen-bond donors (Lipinski definition) is 1. The summed E-state index contributed by atoms with van der Waals surface area (Å²) in [7, 11) is 1.14. The Morgan fingerprint density at radius 2 is 1.81 bits per heavy atom. The second-order valence-electron chi connectivity index (χ2n) is 7.64. The van der Waals surface area contributed by atoms with Crippen molar-refractivity contribution in [3.05, 3.63) is 52.1 Å². The first-order valence-corrected chi connectivity index (χ1v) is 11.5. The van der Waals surface area contributed by atoms with Crippen molar-refractivity contribution >= 4 is 33.0 Å². The van der Waals surface area contributed by atoms with Crippen molar-refractivity contribution in [2.24, 2.45) is 0 Å². The van der Waals surface area contributed by atoms with Crippen LogP contribution in [0.15, 0.2) is 41.3 Å². The van der Waals surface area contributed by atoms with E-state index in [9.17, 15) is 23.3 Å². The van der Waals surface area contributed by atoms with Gasteiger partial charge in [-0.15, -0.1) is 0 Å². The molecule has 0 unspecified atom stereocenters. The van der Waals surface area contributed by atoms with Crippen molar-refractivity contribution in [3.8, 4) is 5.75 Å². The third-order valence-corrected chi connectivity index (χ3v) is 7.18. The summed E-state index contributed by atoms with van der Waals surface area (Å²) in [4.78, 5) is 25.3. The molecule has 1 aliphatic rings. The van der Waals surface area contributed by atoms with Gasteiger partial charge < -0.3 is 15.0 Å². The van der Waals surface area contributed by atoms with Crippen LogP contribution in [0.25, 0.3) is 0 Å². The number of carbonyl (C=O) groups excluding carboxylic acids is 1. The van der Waals surface area contributed by atoms with Crippen molar-refractivity contribution < 1.29 is 22.9 Å². The minimum Gasteiger partial charge on any atom is -0.490 e. The number of nitro benzene ring substituents is 1. The highest BCUT2D eigenvalue weighted by Gasteiger charge is 2.27. The third-order valence-electron chi connectivity index (χ3n) is 5.29. The molecule has 3 rings (SSSR count). The molecule has 0 saturated carbocycles. The Bertz CT molecular complexity index is 1130. The molecule has 1 saturated heterocycles. The molecule has 0 atom stereocenters. The normalized spacial score (nSPS) is 14.6. The lowest BCUT2D eigenvalue weighted by molar-refractivity contribution is -0.385. The lowest BCUT2D eigenvalue weighted by Crippen LogP contribution is -2.35. The Balaban J connectivity index is 1.96. The molecular weight excluding hydrogens is 436 g/mol. The van der Waals surface area contributed by atoms with E-state index in [1.807, 2.05) is 0 Å². The average molecular weight is 463 g/mol. The van der Waals surface area contributed by atoms with Crippen LogP contribution < -0.4 is 15.0 Å². The van der Waals surface area contributed by atoms with E-state index >= 15 is 0 Å². The lowest BCUT2D eigenvalue weighted by Gasteiger charge is -2.26. The predicted molar refractivity (Wildman–Crippen MR) is 121 cm³/mol. The Hall–Kier alpha value is -3.18. The first-order chi connectivity index (χ1) is 15.1. The zero-order valence-electron chi connectivity index (χ0n) is 18.2. The Kier molecular flexibility index (Phi) is 6.99. The van der Waals surface area contributed by atoms with Gasteiger partial charge in [0, 0.05) is 38.8 Å². The Morgan fingerprint density at radius 1 is 1.12 bits per heavy atom. The number of nitrogens with zero attached hydrogens (tertiary/aromatic N) is 3.